The van der Waals surface area contributed by atoms with Crippen LogP contribution in [-0.2, 0) is 17.1 Å². The average molecular weight is 470 g/mol. The van der Waals surface area contributed by atoms with Gasteiger partial charge in [-0.15, -0.1) is 22.0 Å². The summed E-state index contributed by atoms with van der Waals surface area (Å²) in [7, 11) is 0. The Bertz CT molecular complexity index is 1150. The van der Waals surface area contributed by atoms with Crippen molar-refractivity contribution in [2.45, 2.75) is 48.4 Å². The molecule has 31 heavy (non-hydrogen) atoms. The number of rotatable bonds is 8. The van der Waals surface area contributed by atoms with Crippen molar-refractivity contribution in [2.75, 3.05) is 5.32 Å². The fourth-order valence-electron chi connectivity index (χ4n) is 2.96. The maximum Gasteiger partial charge on any atom is 0.239 e. The van der Waals surface area contributed by atoms with Crippen LogP contribution in [0.15, 0.2) is 58.6 Å². The van der Waals surface area contributed by atoms with Crippen LogP contribution < -0.4 is 5.32 Å². The smallest absolute Gasteiger partial charge is 0.239 e. The van der Waals surface area contributed by atoms with Crippen LogP contribution in [0.2, 0.25) is 0 Å². The molecule has 4 rings (SSSR count). The first-order valence-corrected chi connectivity index (χ1v) is 12.7. The van der Waals surface area contributed by atoms with Crippen molar-refractivity contribution < 1.29 is 4.79 Å². The number of thiazole rings is 1. The number of thioether (sulfide) groups is 2. The quantitative estimate of drug-likeness (QED) is 0.337. The number of nitrogens with one attached hydrogen (secondary N) is 1. The number of para-hydroxylation sites is 1. The van der Waals surface area contributed by atoms with E-state index >= 15 is 0 Å². The molecule has 0 aliphatic heterocycles. The summed E-state index contributed by atoms with van der Waals surface area (Å²) in [5.74, 6) is 1.55. The Kier molecular flexibility index (Phi) is 6.94. The van der Waals surface area contributed by atoms with Crippen molar-refractivity contribution in [2.24, 2.45) is 0 Å². The lowest BCUT2D eigenvalue weighted by molar-refractivity contribution is -0.115. The molecule has 1 unspecified atom stereocenters. The Balaban J connectivity index is 1.39. The number of anilines is 1. The number of amides is 1. The minimum absolute atomic E-state index is 0.0923. The Morgan fingerprint density at radius 2 is 1.94 bits per heavy atom. The maximum atomic E-state index is 12.7. The summed E-state index contributed by atoms with van der Waals surface area (Å²) in [6, 6.07) is 16.3. The van der Waals surface area contributed by atoms with Crippen LogP contribution in [0.4, 0.5) is 5.13 Å². The minimum atomic E-state index is -0.320. The predicted octanol–water partition coefficient (Wildman–Crippen LogP) is 5.63. The molecule has 2 aromatic heterocycles. The van der Waals surface area contributed by atoms with Gasteiger partial charge in [0, 0.05) is 11.4 Å². The molecule has 1 atom stereocenters. The molecule has 0 radical (unpaired) electrons. The molecule has 0 saturated heterocycles. The molecular weight excluding hydrogens is 446 g/mol. The summed E-state index contributed by atoms with van der Waals surface area (Å²) in [6.07, 6.45) is 0. The molecule has 2 aromatic carbocycles. The zero-order chi connectivity index (χ0) is 21.8. The summed E-state index contributed by atoms with van der Waals surface area (Å²) >= 11 is 4.63. The maximum absolute atomic E-state index is 12.7. The number of hydrogen-bond acceptors (Lipinski definition) is 7. The number of fused-ring (bicyclic) bond motifs is 1. The number of aromatic nitrogens is 4. The van der Waals surface area contributed by atoms with Gasteiger partial charge in [0.15, 0.2) is 10.3 Å². The van der Waals surface area contributed by atoms with E-state index in [1.54, 1.807) is 11.8 Å². The van der Waals surface area contributed by atoms with Crippen molar-refractivity contribution in [1.29, 1.82) is 0 Å². The number of benzene rings is 2. The molecule has 4 aromatic rings. The molecule has 0 aliphatic rings. The van der Waals surface area contributed by atoms with Gasteiger partial charge in [-0.3, -0.25) is 4.79 Å². The van der Waals surface area contributed by atoms with Gasteiger partial charge in [0.25, 0.3) is 0 Å². The molecular formula is C22H23N5OS3. The molecule has 0 bridgehead atoms. The lowest BCUT2D eigenvalue weighted by Crippen LogP contribution is -2.22. The van der Waals surface area contributed by atoms with Gasteiger partial charge in [-0.25, -0.2) is 4.98 Å². The van der Waals surface area contributed by atoms with Gasteiger partial charge in [0.1, 0.15) is 5.82 Å². The summed E-state index contributed by atoms with van der Waals surface area (Å²) in [5.41, 5.74) is 2.14. The fraction of sp³-hybridized carbons (Fsp3) is 0.273. The molecule has 160 valence electrons. The second-order valence-electron chi connectivity index (χ2n) is 6.98. The van der Waals surface area contributed by atoms with Crippen LogP contribution in [-0.4, -0.2) is 30.9 Å². The number of carbonyl (C=O) groups is 1. The van der Waals surface area contributed by atoms with E-state index in [0.717, 1.165) is 33.5 Å². The number of nitrogens with zero attached hydrogens (tertiary/aromatic N) is 4. The van der Waals surface area contributed by atoms with E-state index in [4.69, 9.17) is 0 Å². The highest BCUT2D eigenvalue weighted by atomic mass is 32.2. The summed E-state index contributed by atoms with van der Waals surface area (Å²) in [6.45, 7) is 6.78. The van der Waals surface area contributed by atoms with Crippen molar-refractivity contribution in [3.63, 3.8) is 0 Å². The van der Waals surface area contributed by atoms with Crippen molar-refractivity contribution >= 4 is 56.1 Å². The fourth-order valence-corrected chi connectivity index (χ4v) is 5.60. The van der Waals surface area contributed by atoms with E-state index in [-0.39, 0.29) is 11.2 Å². The van der Waals surface area contributed by atoms with Gasteiger partial charge in [-0.05, 0) is 45.0 Å². The van der Waals surface area contributed by atoms with Crippen LogP contribution in [0, 0.1) is 6.92 Å². The monoisotopic (exact) mass is 469 g/mol. The molecule has 1 amide bonds. The Morgan fingerprint density at radius 3 is 2.68 bits per heavy atom. The summed E-state index contributed by atoms with van der Waals surface area (Å²) < 4.78 is 3.13. The lowest BCUT2D eigenvalue weighted by atomic mass is 10.2. The first-order valence-electron chi connectivity index (χ1n) is 9.98. The lowest BCUT2D eigenvalue weighted by Gasteiger charge is -2.11. The zero-order valence-corrected chi connectivity index (χ0v) is 20.0. The topological polar surface area (TPSA) is 72.7 Å². The van der Waals surface area contributed by atoms with E-state index in [2.05, 4.69) is 63.2 Å². The molecule has 9 heteroatoms. The number of aryl methyl sites for hydroxylation is 1. The van der Waals surface area contributed by atoms with Crippen LogP contribution in [0.3, 0.4) is 0 Å². The SMILES string of the molecule is CCn1c(CSc2ccc(C)cc2)nnc1SC(C)C(=O)Nc1nc2ccccc2s1. The normalized spacial score (nSPS) is 12.2. The molecule has 2 heterocycles. The van der Waals surface area contributed by atoms with E-state index in [1.807, 2.05) is 31.2 Å². The van der Waals surface area contributed by atoms with Gasteiger partial charge in [-0.2, -0.15) is 0 Å². The van der Waals surface area contributed by atoms with Gasteiger partial charge in [0.2, 0.25) is 5.91 Å². The van der Waals surface area contributed by atoms with Crippen LogP contribution in [0.25, 0.3) is 10.2 Å². The van der Waals surface area contributed by atoms with Crippen LogP contribution in [0.1, 0.15) is 25.2 Å². The average Bonchev–Trinajstić information content (AvgIpc) is 3.36. The standard InChI is InChI=1S/C22H23N5OS3/c1-4-27-19(13-29-16-11-9-14(2)10-12-16)25-26-22(27)30-15(3)20(28)24-21-23-17-7-5-6-8-18(17)31-21/h5-12,15H,4,13H2,1-3H3,(H,23,24,28). The largest absolute Gasteiger partial charge is 0.306 e. The third-order valence-electron chi connectivity index (χ3n) is 4.67. The zero-order valence-electron chi connectivity index (χ0n) is 17.5. The van der Waals surface area contributed by atoms with Gasteiger partial charge in [0.05, 0.1) is 21.2 Å². The third kappa shape index (κ3) is 5.28. The number of carbonyl (C=O) groups excluding carboxylic acids is 1. The van der Waals surface area contributed by atoms with Crippen molar-refractivity contribution in [3.05, 3.63) is 59.9 Å². The van der Waals surface area contributed by atoms with Crippen LogP contribution in [0.5, 0.6) is 0 Å². The second-order valence-corrected chi connectivity index (χ2v) is 10.4. The highest BCUT2D eigenvalue weighted by Crippen LogP contribution is 2.29. The molecule has 0 fully saturated rings. The van der Waals surface area contributed by atoms with E-state index in [1.165, 1.54) is 33.6 Å². The van der Waals surface area contributed by atoms with Gasteiger partial charge in [-0.1, -0.05) is 52.9 Å². The van der Waals surface area contributed by atoms with Gasteiger partial charge >= 0.3 is 0 Å². The molecule has 0 saturated carbocycles. The van der Waals surface area contributed by atoms with E-state index in [9.17, 15) is 4.79 Å². The Hall–Kier alpha value is -2.36. The Labute approximate surface area is 193 Å². The highest BCUT2D eigenvalue weighted by molar-refractivity contribution is 8.00. The Morgan fingerprint density at radius 1 is 1.16 bits per heavy atom. The first kappa shape index (κ1) is 21.9. The minimum Gasteiger partial charge on any atom is -0.306 e. The number of hydrogen-bond donors (Lipinski definition) is 1. The van der Waals surface area contributed by atoms with E-state index in [0.29, 0.717) is 5.13 Å². The van der Waals surface area contributed by atoms with Crippen molar-refractivity contribution in [1.82, 2.24) is 19.7 Å². The highest BCUT2D eigenvalue weighted by Gasteiger charge is 2.21. The van der Waals surface area contributed by atoms with E-state index < -0.39 is 0 Å². The predicted molar refractivity (Wildman–Crippen MR) is 130 cm³/mol. The molecule has 1 N–H and O–H groups in total. The molecule has 0 aliphatic carbocycles. The second kappa shape index (κ2) is 9.84. The third-order valence-corrected chi connectivity index (χ3v) is 7.71. The molecule has 0 spiro atoms. The van der Waals surface area contributed by atoms with Crippen molar-refractivity contribution in [3.8, 4) is 0 Å². The molecule has 6 nitrogen and oxygen atoms in total. The summed E-state index contributed by atoms with van der Waals surface area (Å²) in [4.78, 5) is 18.4. The summed E-state index contributed by atoms with van der Waals surface area (Å²) in [5, 5.41) is 12.7. The first-order chi connectivity index (χ1) is 15.0. The van der Waals surface area contributed by atoms with Crippen LogP contribution >= 0.6 is 34.9 Å². The van der Waals surface area contributed by atoms with Gasteiger partial charge < -0.3 is 9.88 Å².